The minimum atomic E-state index is -0.201. The molecule has 0 aliphatic carbocycles. The lowest BCUT2D eigenvalue weighted by Gasteiger charge is -2.06. The van der Waals surface area contributed by atoms with Gasteiger partial charge in [0, 0.05) is 24.3 Å². The van der Waals surface area contributed by atoms with Gasteiger partial charge in [0.25, 0.3) is 0 Å². The summed E-state index contributed by atoms with van der Waals surface area (Å²) in [5.41, 5.74) is 3.63. The number of amides is 1. The number of nitrogens with zero attached hydrogens (tertiary/aromatic N) is 2. The van der Waals surface area contributed by atoms with Crippen molar-refractivity contribution in [3.05, 3.63) is 81.4 Å². The van der Waals surface area contributed by atoms with Crippen molar-refractivity contribution in [3.63, 3.8) is 0 Å². The lowest BCUT2D eigenvalue weighted by molar-refractivity contribution is -0.121. The van der Waals surface area contributed by atoms with Crippen LogP contribution in [0.25, 0.3) is 11.3 Å². The zero-order chi connectivity index (χ0) is 19.4. The molecule has 0 saturated carbocycles. The molecule has 1 N–H and O–H groups in total. The van der Waals surface area contributed by atoms with Gasteiger partial charge in [-0.15, -0.1) is 0 Å². The predicted octanol–water partition coefficient (Wildman–Crippen LogP) is 3.61. The van der Waals surface area contributed by atoms with E-state index in [-0.39, 0.29) is 18.1 Å². The normalized spacial score (nSPS) is 10.8. The molecule has 0 radical (unpaired) electrons. The van der Waals surface area contributed by atoms with Gasteiger partial charge in [-0.05, 0) is 37.1 Å². The quantitative estimate of drug-likeness (QED) is 0.706. The number of rotatable bonds is 6. The molecule has 0 aliphatic heterocycles. The number of hydrogen-bond acceptors (Lipinski definition) is 2. The van der Waals surface area contributed by atoms with Crippen molar-refractivity contribution < 1.29 is 4.79 Å². The molecule has 0 saturated heterocycles. The Hall–Kier alpha value is -2.79. The molecule has 0 unspecified atom stereocenters. The summed E-state index contributed by atoms with van der Waals surface area (Å²) in [5, 5.41) is 3.51. The van der Waals surface area contributed by atoms with Crippen molar-refractivity contribution >= 4 is 17.5 Å². The molecular formula is C21H22ClN3O2. The molecule has 0 fully saturated rings. The highest BCUT2D eigenvalue weighted by molar-refractivity contribution is 6.30. The van der Waals surface area contributed by atoms with Crippen LogP contribution < -0.4 is 11.0 Å². The molecule has 0 spiro atoms. The van der Waals surface area contributed by atoms with Gasteiger partial charge in [-0.3, -0.25) is 13.9 Å². The van der Waals surface area contributed by atoms with Crippen LogP contribution >= 0.6 is 11.6 Å². The van der Waals surface area contributed by atoms with E-state index in [0.29, 0.717) is 18.1 Å². The second-order valence-electron chi connectivity index (χ2n) is 6.44. The summed E-state index contributed by atoms with van der Waals surface area (Å²) in [6.45, 7) is 4.86. The van der Waals surface area contributed by atoms with E-state index in [4.69, 9.17) is 11.6 Å². The number of hydrogen-bond donors (Lipinski definition) is 1. The monoisotopic (exact) mass is 383 g/mol. The topological polar surface area (TPSA) is 56.0 Å². The smallest absolute Gasteiger partial charge is 0.329 e. The maximum atomic E-state index is 12.6. The van der Waals surface area contributed by atoms with Crippen molar-refractivity contribution in [2.75, 3.05) is 0 Å². The fourth-order valence-corrected chi connectivity index (χ4v) is 3.16. The fourth-order valence-electron chi connectivity index (χ4n) is 3.03. The first-order valence-corrected chi connectivity index (χ1v) is 9.24. The van der Waals surface area contributed by atoms with Gasteiger partial charge < -0.3 is 5.32 Å². The Bertz CT molecular complexity index is 1000. The summed E-state index contributed by atoms with van der Waals surface area (Å²) in [5.74, 6) is -0.200. The van der Waals surface area contributed by atoms with Gasteiger partial charge in [0.15, 0.2) is 0 Å². The maximum Gasteiger partial charge on any atom is 0.329 e. The van der Waals surface area contributed by atoms with E-state index < -0.39 is 0 Å². The number of halogens is 1. The standard InChI is InChI=1S/C21H22ClN3O2/c1-3-25-19(17-7-9-18(22)10-8-17)13-24(21(25)27)14-20(26)23-12-16-6-4-5-15(2)11-16/h4-11,13H,3,12,14H2,1-2H3,(H,23,26). The molecule has 2 aromatic carbocycles. The predicted molar refractivity (Wildman–Crippen MR) is 108 cm³/mol. The highest BCUT2D eigenvalue weighted by atomic mass is 35.5. The molecule has 1 aromatic heterocycles. The lowest BCUT2D eigenvalue weighted by Crippen LogP contribution is -2.32. The van der Waals surface area contributed by atoms with Crippen molar-refractivity contribution in [3.8, 4) is 11.3 Å². The molecule has 0 aliphatic rings. The summed E-state index contributed by atoms with van der Waals surface area (Å²) in [7, 11) is 0. The molecule has 140 valence electrons. The van der Waals surface area contributed by atoms with Crippen LogP contribution in [0.3, 0.4) is 0 Å². The van der Waals surface area contributed by atoms with Crippen LogP contribution in [0.2, 0.25) is 5.02 Å². The van der Waals surface area contributed by atoms with Crippen LogP contribution in [0.4, 0.5) is 0 Å². The highest BCUT2D eigenvalue weighted by Gasteiger charge is 2.14. The Morgan fingerprint density at radius 1 is 1.15 bits per heavy atom. The van der Waals surface area contributed by atoms with Gasteiger partial charge >= 0.3 is 5.69 Å². The third-order valence-electron chi connectivity index (χ3n) is 4.39. The molecule has 3 aromatic rings. The molecule has 5 nitrogen and oxygen atoms in total. The Balaban J connectivity index is 1.75. The number of imidazole rings is 1. The van der Waals surface area contributed by atoms with Crippen LogP contribution in [-0.2, 0) is 24.4 Å². The highest BCUT2D eigenvalue weighted by Crippen LogP contribution is 2.20. The molecule has 0 bridgehead atoms. The Morgan fingerprint density at radius 2 is 1.89 bits per heavy atom. The zero-order valence-corrected chi connectivity index (χ0v) is 16.2. The number of carbonyl (C=O) groups is 1. The fraction of sp³-hybridized carbons (Fsp3) is 0.238. The van der Waals surface area contributed by atoms with Gasteiger partial charge in [0.2, 0.25) is 5.91 Å². The van der Waals surface area contributed by atoms with Crippen LogP contribution in [-0.4, -0.2) is 15.0 Å². The van der Waals surface area contributed by atoms with Crippen molar-refractivity contribution in [1.82, 2.24) is 14.5 Å². The van der Waals surface area contributed by atoms with Crippen molar-refractivity contribution in [2.45, 2.75) is 33.5 Å². The minimum absolute atomic E-state index is 0.0156. The second-order valence-corrected chi connectivity index (χ2v) is 6.88. The summed E-state index contributed by atoms with van der Waals surface area (Å²) in [6.07, 6.45) is 1.72. The summed E-state index contributed by atoms with van der Waals surface area (Å²) < 4.78 is 3.09. The summed E-state index contributed by atoms with van der Waals surface area (Å²) in [4.78, 5) is 25.0. The first-order chi connectivity index (χ1) is 13.0. The summed E-state index contributed by atoms with van der Waals surface area (Å²) in [6, 6.07) is 15.3. The number of nitrogens with one attached hydrogen (secondary N) is 1. The third kappa shape index (κ3) is 4.49. The first kappa shape index (κ1) is 19.0. The zero-order valence-electron chi connectivity index (χ0n) is 15.4. The largest absolute Gasteiger partial charge is 0.350 e. The lowest BCUT2D eigenvalue weighted by atomic mass is 10.1. The molecule has 6 heteroatoms. The van der Waals surface area contributed by atoms with Gasteiger partial charge in [-0.1, -0.05) is 53.6 Å². The van der Waals surface area contributed by atoms with E-state index in [2.05, 4.69) is 5.32 Å². The average Bonchev–Trinajstić information content (AvgIpc) is 2.96. The molecule has 1 heterocycles. The second kappa shape index (κ2) is 8.27. The van der Waals surface area contributed by atoms with E-state index in [0.717, 1.165) is 22.4 Å². The van der Waals surface area contributed by atoms with Crippen LogP contribution in [0.5, 0.6) is 0 Å². The average molecular weight is 384 g/mol. The van der Waals surface area contributed by atoms with Crippen LogP contribution in [0, 0.1) is 6.92 Å². The van der Waals surface area contributed by atoms with Gasteiger partial charge in [0.05, 0.1) is 5.69 Å². The van der Waals surface area contributed by atoms with Crippen LogP contribution in [0.1, 0.15) is 18.1 Å². The van der Waals surface area contributed by atoms with Gasteiger partial charge in [0.1, 0.15) is 6.54 Å². The number of aromatic nitrogens is 2. The Morgan fingerprint density at radius 3 is 2.56 bits per heavy atom. The molecule has 1 amide bonds. The van der Waals surface area contributed by atoms with E-state index in [9.17, 15) is 9.59 Å². The van der Waals surface area contributed by atoms with E-state index in [1.807, 2.05) is 50.2 Å². The van der Waals surface area contributed by atoms with Crippen molar-refractivity contribution in [2.24, 2.45) is 0 Å². The first-order valence-electron chi connectivity index (χ1n) is 8.86. The number of benzene rings is 2. The summed E-state index contributed by atoms with van der Waals surface area (Å²) >= 11 is 5.95. The van der Waals surface area contributed by atoms with Gasteiger partial charge in [-0.2, -0.15) is 0 Å². The maximum absolute atomic E-state index is 12.6. The van der Waals surface area contributed by atoms with E-state index >= 15 is 0 Å². The van der Waals surface area contributed by atoms with E-state index in [1.54, 1.807) is 22.9 Å². The molecule has 3 rings (SSSR count). The van der Waals surface area contributed by atoms with Gasteiger partial charge in [-0.25, -0.2) is 4.79 Å². The molecular weight excluding hydrogens is 362 g/mol. The third-order valence-corrected chi connectivity index (χ3v) is 4.64. The number of aryl methyl sites for hydroxylation is 1. The Labute approximate surface area is 163 Å². The Kier molecular flexibility index (Phi) is 5.81. The minimum Gasteiger partial charge on any atom is -0.350 e. The molecule has 0 atom stereocenters. The van der Waals surface area contributed by atoms with E-state index in [1.165, 1.54) is 4.57 Å². The van der Waals surface area contributed by atoms with Crippen molar-refractivity contribution in [1.29, 1.82) is 0 Å². The van der Waals surface area contributed by atoms with Crippen LogP contribution in [0.15, 0.2) is 59.5 Å². The molecule has 27 heavy (non-hydrogen) atoms. The SMILES string of the molecule is CCn1c(-c2ccc(Cl)cc2)cn(CC(=O)NCc2cccc(C)c2)c1=O. The number of carbonyl (C=O) groups excluding carboxylic acids is 1.